The molecule has 1 fully saturated rings. The molecule has 0 radical (unpaired) electrons. The van der Waals surface area contributed by atoms with Gasteiger partial charge in [0.2, 0.25) is 5.91 Å². The number of anilines is 1. The zero-order chi connectivity index (χ0) is 16.7. The lowest BCUT2D eigenvalue weighted by atomic mass is 10.2. The highest BCUT2D eigenvalue weighted by Gasteiger charge is 2.15. The number of guanidine groups is 1. The molecule has 0 spiro atoms. The van der Waals surface area contributed by atoms with Crippen molar-refractivity contribution < 1.29 is 4.79 Å². The summed E-state index contributed by atoms with van der Waals surface area (Å²) in [5.41, 5.74) is 1.94. The van der Waals surface area contributed by atoms with Crippen LogP contribution in [0.15, 0.2) is 29.3 Å². The number of aliphatic imine (C=N–C) groups is 1. The Labute approximate surface area is 138 Å². The molecule has 0 saturated carbocycles. The number of nitrogens with zero attached hydrogens (tertiary/aromatic N) is 3. The van der Waals surface area contributed by atoms with E-state index in [1.54, 1.807) is 0 Å². The summed E-state index contributed by atoms with van der Waals surface area (Å²) in [5.74, 6) is 0.942. The molecule has 1 aliphatic rings. The Morgan fingerprint density at radius 1 is 1.30 bits per heavy atom. The first kappa shape index (κ1) is 17.3. The van der Waals surface area contributed by atoms with Crippen LogP contribution in [0, 0.1) is 0 Å². The number of rotatable bonds is 5. The fourth-order valence-electron chi connectivity index (χ4n) is 2.69. The highest BCUT2D eigenvalue weighted by molar-refractivity contribution is 5.92. The summed E-state index contributed by atoms with van der Waals surface area (Å²) in [6.07, 6.45) is 2.46. The molecule has 1 amide bonds. The highest BCUT2D eigenvalue weighted by atomic mass is 16.2. The molecule has 1 saturated heterocycles. The lowest BCUT2D eigenvalue weighted by Crippen LogP contribution is -2.39. The molecule has 1 aromatic rings. The lowest BCUT2D eigenvalue weighted by molar-refractivity contribution is -0.116. The zero-order valence-corrected chi connectivity index (χ0v) is 14.3. The molecule has 0 aliphatic carbocycles. The van der Waals surface area contributed by atoms with Gasteiger partial charge in [-0.15, -0.1) is 0 Å². The van der Waals surface area contributed by atoms with E-state index in [0.717, 1.165) is 30.3 Å². The van der Waals surface area contributed by atoms with Gasteiger partial charge in [0.25, 0.3) is 0 Å². The first-order chi connectivity index (χ1) is 11.1. The molecule has 0 bridgehead atoms. The number of benzene rings is 1. The molecule has 6 nitrogen and oxygen atoms in total. The normalized spacial score (nSPS) is 15.1. The van der Waals surface area contributed by atoms with Crippen LogP contribution in [0.25, 0.3) is 0 Å². The lowest BCUT2D eigenvalue weighted by Gasteiger charge is -2.21. The fourth-order valence-corrected chi connectivity index (χ4v) is 2.69. The monoisotopic (exact) mass is 317 g/mol. The number of nitrogens with one attached hydrogen (secondary N) is 2. The van der Waals surface area contributed by atoms with Crippen LogP contribution in [0.5, 0.6) is 0 Å². The summed E-state index contributed by atoms with van der Waals surface area (Å²) in [7, 11) is 5.58. The second-order valence-corrected chi connectivity index (χ2v) is 6.08. The van der Waals surface area contributed by atoms with Crippen LogP contribution in [-0.4, -0.2) is 62.4 Å². The molecule has 1 aliphatic heterocycles. The maximum Gasteiger partial charge on any atom is 0.238 e. The minimum Gasteiger partial charge on any atom is -0.352 e. The fraction of sp³-hybridized carbons (Fsp3) is 0.529. The molecular weight excluding hydrogens is 290 g/mol. The van der Waals surface area contributed by atoms with Crippen molar-refractivity contribution in [3.63, 3.8) is 0 Å². The standard InChI is InChI=1S/C17H27N5O/c1-18-17(22-9-4-5-10-22)19-12-14-7-6-8-15(11-14)20-16(23)13-21(2)3/h6-8,11H,4-5,9-10,12-13H2,1-3H3,(H,18,19)(H,20,23). The van der Waals surface area contributed by atoms with E-state index in [4.69, 9.17) is 0 Å². The van der Waals surface area contributed by atoms with E-state index in [0.29, 0.717) is 13.1 Å². The van der Waals surface area contributed by atoms with Crippen molar-refractivity contribution >= 4 is 17.6 Å². The van der Waals surface area contributed by atoms with Gasteiger partial charge in [0, 0.05) is 32.4 Å². The molecule has 6 heteroatoms. The number of hydrogen-bond acceptors (Lipinski definition) is 3. The Hall–Kier alpha value is -2.08. The second-order valence-electron chi connectivity index (χ2n) is 6.08. The Bertz CT molecular complexity index is 550. The minimum absolute atomic E-state index is 0.00649. The molecule has 23 heavy (non-hydrogen) atoms. The zero-order valence-electron chi connectivity index (χ0n) is 14.3. The number of carbonyl (C=O) groups is 1. The van der Waals surface area contributed by atoms with Crippen LogP contribution < -0.4 is 10.6 Å². The molecule has 0 unspecified atom stereocenters. The predicted molar refractivity (Wildman–Crippen MR) is 94.6 cm³/mol. The van der Waals surface area contributed by atoms with Crippen molar-refractivity contribution in [3.8, 4) is 0 Å². The summed E-state index contributed by atoms with van der Waals surface area (Å²) < 4.78 is 0. The summed E-state index contributed by atoms with van der Waals surface area (Å²) >= 11 is 0. The second kappa shape index (κ2) is 8.53. The molecule has 0 atom stereocenters. The van der Waals surface area contributed by atoms with Crippen molar-refractivity contribution in [2.24, 2.45) is 4.99 Å². The van der Waals surface area contributed by atoms with Crippen LogP contribution in [0.3, 0.4) is 0 Å². The molecule has 2 N–H and O–H groups in total. The van der Waals surface area contributed by atoms with Crippen molar-refractivity contribution in [3.05, 3.63) is 29.8 Å². The molecule has 1 aromatic carbocycles. The van der Waals surface area contributed by atoms with Crippen molar-refractivity contribution in [2.75, 3.05) is 46.1 Å². The predicted octanol–water partition coefficient (Wildman–Crippen LogP) is 1.36. The van der Waals surface area contributed by atoms with Gasteiger partial charge >= 0.3 is 0 Å². The van der Waals surface area contributed by atoms with Crippen molar-refractivity contribution in [1.29, 1.82) is 0 Å². The minimum atomic E-state index is -0.00649. The maximum absolute atomic E-state index is 11.8. The van der Waals surface area contributed by atoms with Gasteiger partial charge in [0.1, 0.15) is 0 Å². The molecule has 1 heterocycles. The summed E-state index contributed by atoms with van der Waals surface area (Å²) in [6.45, 7) is 3.21. The summed E-state index contributed by atoms with van der Waals surface area (Å²) in [6, 6.07) is 7.91. The summed E-state index contributed by atoms with van der Waals surface area (Å²) in [5, 5.41) is 6.32. The van der Waals surface area contributed by atoms with Gasteiger partial charge in [-0.2, -0.15) is 0 Å². The maximum atomic E-state index is 11.8. The van der Waals surface area contributed by atoms with E-state index in [9.17, 15) is 4.79 Å². The third kappa shape index (κ3) is 5.56. The third-order valence-corrected chi connectivity index (χ3v) is 3.74. The van der Waals surface area contributed by atoms with E-state index in [1.165, 1.54) is 12.8 Å². The van der Waals surface area contributed by atoms with Gasteiger partial charge in [-0.05, 0) is 44.6 Å². The molecule has 2 rings (SSSR count). The van der Waals surface area contributed by atoms with Gasteiger partial charge in [0.05, 0.1) is 6.54 Å². The van der Waals surface area contributed by atoms with Gasteiger partial charge in [0.15, 0.2) is 5.96 Å². The quantitative estimate of drug-likeness (QED) is 0.636. The topological polar surface area (TPSA) is 60.0 Å². The Morgan fingerprint density at radius 3 is 2.70 bits per heavy atom. The number of likely N-dealkylation sites (N-methyl/N-ethyl adjacent to an activating group) is 1. The van der Waals surface area contributed by atoms with E-state index < -0.39 is 0 Å². The highest BCUT2D eigenvalue weighted by Crippen LogP contribution is 2.12. The van der Waals surface area contributed by atoms with Crippen LogP contribution in [0.2, 0.25) is 0 Å². The largest absolute Gasteiger partial charge is 0.352 e. The third-order valence-electron chi connectivity index (χ3n) is 3.74. The van der Waals surface area contributed by atoms with Crippen molar-refractivity contribution in [1.82, 2.24) is 15.1 Å². The van der Waals surface area contributed by atoms with E-state index in [-0.39, 0.29) is 5.91 Å². The summed E-state index contributed by atoms with van der Waals surface area (Å²) in [4.78, 5) is 20.3. The number of hydrogen-bond donors (Lipinski definition) is 2. The van der Waals surface area contributed by atoms with Crippen LogP contribution in [-0.2, 0) is 11.3 Å². The van der Waals surface area contributed by atoms with Crippen LogP contribution in [0.1, 0.15) is 18.4 Å². The smallest absolute Gasteiger partial charge is 0.238 e. The number of likely N-dealkylation sites (tertiary alicyclic amines) is 1. The average molecular weight is 317 g/mol. The SMILES string of the molecule is CN=C(NCc1cccc(NC(=O)CN(C)C)c1)N1CCCC1. The Morgan fingerprint density at radius 2 is 2.04 bits per heavy atom. The van der Waals surface area contributed by atoms with E-state index in [2.05, 4.69) is 20.5 Å². The first-order valence-electron chi connectivity index (χ1n) is 8.07. The van der Waals surface area contributed by atoms with Gasteiger partial charge < -0.3 is 20.4 Å². The van der Waals surface area contributed by atoms with E-state index in [1.807, 2.05) is 50.3 Å². The molecule has 0 aromatic heterocycles. The average Bonchev–Trinajstić information content (AvgIpc) is 3.01. The van der Waals surface area contributed by atoms with Crippen LogP contribution >= 0.6 is 0 Å². The van der Waals surface area contributed by atoms with Gasteiger partial charge in [-0.1, -0.05) is 12.1 Å². The number of carbonyl (C=O) groups excluding carboxylic acids is 1. The molecule has 126 valence electrons. The molecular formula is C17H27N5O. The Balaban J connectivity index is 1.90. The Kier molecular flexibility index (Phi) is 6.40. The van der Waals surface area contributed by atoms with Crippen molar-refractivity contribution in [2.45, 2.75) is 19.4 Å². The number of amides is 1. The van der Waals surface area contributed by atoms with Gasteiger partial charge in [-0.25, -0.2) is 0 Å². The van der Waals surface area contributed by atoms with E-state index >= 15 is 0 Å². The first-order valence-corrected chi connectivity index (χ1v) is 8.07. The van der Waals surface area contributed by atoms with Gasteiger partial charge in [-0.3, -0.25) is 9.79 Å². The van der Waals surface area contributed by atoms with Crippen LogP contribution in [0.4, 0.5) is 5.69 Å².